The molecule has 0 radical (unpaired) electrons. The molecular weight excluding hydrogens is 350 g/mol. The minimum atomic E-state index is -0.332. The Labute approximate surface area is 165 Å². The molecule has 2 N–H and O–H groups in total. The van der Waals surface area contributed by atoms with Crippen molar-refractivity contribution in [3.63, 3.8) is 0 Å². The first-order valence-electron chi connectivity index (χ1n) is 9.41. The normalized spacial score (nSPS) is 11.0. The molecule has 2 aromatic carbocycles. The maximum atomic E-state index is 12.3. The van der Waals surface area contributed by atoms with Gasteiger partial charge in [-0.3, -0.25) is 9.89 Å². The van der Waals surface area contributed by atoms with Crippen molar-refractivity contribution in [3.05, 3.63) is 71.4 Å². The highest BCUT2D eigenvalue weighted by molar-refractivity contribution is 5.94. The molecule has 1 amide bonds. The van der Waals surface area contributed by atoms with E-state index in [-0.39, 0.29) is 5.91 Å². The Balaban J connectivity index is 1.60. The lowest BCUT2D eigenvalue weighted by Crippen LogP contribution is -2.21. The highest BCUT2D eigenvalue weighted by Crippen LogP contribution is 2.18. The number of hydrazone groups is 1. The van der Waals surface area contributed by atoms with Crippen molar-refractivity contribution in [3.8, 4) is 11.3 Å². The molecule has 6 nitrogen and oxygen atoms in total. The Kier molecular flexibility index (Phi) is 6.22. The molecule has 0 aliphatic rings. The summed E-state index contributed by atoms with van der Waals surface area (Å²) in [6.07, 6.45) is 1.63. The van der Waals surface area contributed by atoms with Crippen molar-refractivity contribution in [2.24, 2.45) is 5.10 Å². The Hall–Kier alpha value is -3.41. The molecule has 0 aliphatic heterocycles. The number of aromatic nitrogens is 2. The third-order valence-electron chi connectivity index (χ3n) is 4.57. The maximum Gasteiger partial charge on any atom is 0.289 e. The molecule has 144 valence electrons. The van der Waals surface area contributed by atoms with E-state index in [1.54, 1.807) is 12.3 Å². The molecule has 1 aromatic heterocycles. The molecule has 28 heavy (non-hydrogen) atoms. The third-order valence-corrected chi connectivity index (χ3v) is 4.57. The van der Waals surface area contributed by atoms with E-state index in [9.17, 15) is 4.79 Å². The number of nitrogens with one attached hydrogen (secondary N) is 2. The molecule has 0 unspecified atom stereocenters. The van der Waals surface area contributed by atoms with Gasteiger partial charge < -0.3 is 4.90 Å². The second-order valence-corrected chi connectivity index (χ2v) is 6.50. The van der Waals surface area contributed by atoms with Gasteiger partial charge in [-0.1, -0.05) is 42.0 Å². The largest absolute Gasteiger partial charge is 0.372 e. The Morgan fingerprint density at radius 3 is 2.43 bits per heavy atom. The van der Waals surface area contributed by atoms with Gasteiger partial charge in [-0.05, 0) is 44.5 Å². The number of rotatable bonds is 7. The zero-order valence-electron chi connectivity index (χ0n) is 16.4. The number of H-pyrrole nitrogens is 1. The SMILES string of the molecule is CCN(CC)c1ccc(/C=N\NC(=O)c2cc(-c3ccc(C)cc3)n[nH]2)cc1. The van der Waals surface area contributed by atoms with Crippen molar-refractivity contribution in [2.45, 2.75) is 20.8 Å². The van der Waals surface area contributed by atoms with Crippen molar-refractivity contribution < 1.29 is 4.79 Å². The number of carbonyl (C=O) groups excluding carboxylic acids is 1. The van der Waals surface area contributed by atoms with E-state index >= 15 is 0 Å². The van der Waals surface area contributed by atoms with Crippen molar-refractivity contribution >= 4 is 17.8 Å². The standard InChI is InChI=1S/C22H25N5O/c1-4-27(5-2)19-12-8-17(9-13-19)15-23-26-22(28)21-14-20(24-25-21)18-10-6-16(3)7-11-18/h6-15H,4-5H2,1-3H3,(H,24,25)(H,26,28)/b23-15-. The van der Waals surface area contributed by atoms with Gasteiger partial charge in [0.05, 0.1) is 11.9 Å². The van der Waals surface area contributed by atoms with Crippen LogP contribution in [0.3, 0.4) is 0 Å². The summed E-state index contributed by atoms with van der Waals surface area (Å²) < 4.78 is 0. The Bertz CT molecular complexity index is 938. The van der Waals surface area contributed by atoms with Crippen LogP contribution < -0.4 is 10.3 Å². The topological polar surface area (TPSA) is 73.4 Å². The highest BCUT2D eigenvalue weighted by atomic mass is 16.2. The Morgan fingerprint density at radius 2 is 1.79 bits per heavy atom. The number of benzene rings is 2. The van der Waals surface area contributed by atoms with Crippen molar-refractivity contribution in [2.75, 3.05) is 18.0 Å². The van der Waals surface area contributed by atoms with Gasteiger partial charge in [0.15, 0.2) is 0 Å². The molecule has 6 heteroatoms. The van der Waals surface area contributed by atoms with Gasteiger partial charge in [-0.15, -0.1) is 0 Å². The number of hydrogen-bond acceptors (Lipinski definition) is 4. The van der Waals surface area contributed by atoms with E-state index in [1.165, 1.54) is 11.3 Å². The number of hydrogen-bond donors (Lipinski definition) is 2. The molecular formula is C22H25N5O. The smallest absolute Gasteiger partial charge is 0.289 e. The van der Waals surface area contributed by atoms with Gasteiger partial charge >= 0.3 is 0 Å². The van der Waals surface area contributed by atoms with Crippen LogP contribution in [0.2, 0.25) is 0 Å². The molecule has 0 spiro atoms. The van der Waals surface area contributed by atoms with Gasteiger partial charge in [0.1, 0.15) is 5.69 Å². The summed E-state index contributed by atoms with van der Waals surface area (Å²) in [5.74, 6) is -0.332. The molecule has 0 saturated heterocycles. The summed E-state index contributed by atoms with van der Waals surface area (Å²) in [5, 5.41) is 11.0. The zero-order chi connectivity index (χ0) is 19.9. The number of amides is 1. The summed E-state index contributed by atoms with van der Waals surface area (Å²) in [4.78, 5) is 14.5. The predicted molar refractivity (Wildman–Crippen MR) is 114 cm³/mol. The molecule has 3 rings (SSSR count). The minimum Gasteiger partial charge on any atom is -0.372 e. The lowest BCUT2D eigenvalue weighted by molar-refractivity contribution is 0.0950. The molecule has 0 bridgehead atoms. The number of carbonyl (C=O) groups is 1. The lowest BCUT2D eigenvalue weighted by atomic mass is 10.1. The van der Waals surface area contributed by atoms with Gasteiger partial charge in [0.2, 0.25) is 0 Å². The van der Waals surface area contributed by atoms with E-state index in [1.807, 2.05) is 43.3 Å². The summed E-state index contributed by atoms with van der Waals surface area (Å²) in [5.41, 5.74) is 7.84. The van der Waals surface area contributed by atoms with Crippen LogP contribution in [0.1, 0.15) is 35.5 Å². The Morgan fingerprint density at radius 1 is 1.11 bits per heavy atom. The minimum absolute atomic E-state index is 0.332. The van der Waals surface area contributed by atoms with E-state index in [0.717, 1.165) is 29.9 Å². The first kappa shape index (κ1) is 19.4. The second-order valence-electron chi connectivity index (χ2n) is 6.50. The van der Waals surface area contributed by atoms with E-state index in [0.29, 0.717) is 5.69 Å². The number of nitrogens with zero attached hydrogens (tertiary/aromatic N) is 3. The fourth-order valence-electron chi connectivity index (χ4n) is 2.90. The fraction of sp³-hybridized carbons (Fsp3) is 0.227. The van der Waals surface area contributed by atoms with Crippen molar-refractivity contribution in [1.82, 2.24) is 15.6 Å². The first-order valence-corrected chi connectivity index (χ1v) is 9.41. The van der Waals surface area contributed by atoms with Crippen LogP contribution in [-0.4, -0.2) is 35.4 Å². The quantitative estimate of drug-likeness (QED) is 0.484. The predicted octanol–water partition coefficient (Wildman–Crippen LogP) is 4.00. The molecule has 0 fully saturated rings. The molecule has 3 aromatic rings. The summed E-state index contributed by atoms with van der Waals surface area (Å²) in [6.45, 7) is 8.23. The molecule has 0 atom stereocenters. The summed E-state index contributed by atoms with van der Waals surface area (Å²) >= 11 is 0. The maximum absolute atomic E-state index is 12.3. The van der Waals surface area contributed by atoms with Crippen LogP contribution in [0.25, 0.3) is 11.3 Å². The van der Waals surface area contributed by atoms with Crippen molar-refractivity contribution in [1.29, 1.82) is 0 Å². The summed E-state index contributed by atoms with van der Waals surface area (Å²) in [6, 6.07) is 17.8. The molecule has 0 saturated carbocycles. The fourth-order valence-corrected chi connectivity index (χ4v) is 2.90. The van der Waals surface area contributed by atoms with E-state index < -0.39 is 0 Å². The summed E-state index contributed by atoms with van der Waals surface area (Å²) in [7, 11) is 0. The highest BCUT2D eigenvalue weighted by Gasteiger charge is 2.10. The van der Waals surface area contributed by atoms with Crippen LogP contribution >= 0.6 is 0 Å². The molecule has 0 aliphatic carbocycles. The second kappa shape index (κ2) is 8.99. The lowest BCUT2D eigenvalue weighted by Gasteiger charge is -2.20. The third kappa shape index (κ3) is 4.65. The van der Waals surface area contributed by atoms with Crippen LogP contribution in [0.5, 0.6) is 0 Å². The van der Waals surface area contributed by atoms with E-state index in [2.05, 4.69) is 51.6 Å². The van der Waals surface area contributed by atoms with E-state index in [4.69, 9.17) is 0 Å². The first-order chi connectivity index (χ1) is 13.6. The van der Waals surface area contributed by atoms with Crippen LogP contribution in [-0.2, 0) is 0 Å². The average molecular weight is 375 g/mol. The number of aryl methyl sites for hydroxylation is 1. The van der Waals surface area contributed by atoms with Gasteiger partial charge in [-0.25, -0.2) is 5.43 Å². The van der Waals surface area contributed by atoms with Gasteiger partial charge in [0, 0.05) is 24.3 Å². The van der Waals surface area contributed by atoms with Crippen LogP contribution in [0.4, 0.5) is 5.69 Å². The monoisotopic (exact) mass is 375 g/mol. The van der Waals surface area contributed by atoms with Gasteiger partial charge in [0.25, 0.3) is 5.91 Å². The van der Waals surface area contributed by atoms with Crippen LogP contribution in [0, 0.1) is 6.92 Å². The zero-order valence-corrected chi connectivity index (χ0v) is 16.4. The van der Waals surface area contributed by atoms with Gasteiger partial charge in [-0.2, -0.15) is 10.2 Å². The number of aromatic amines is 1. The van der Waals surface area contributed by atoms with Crippen LogP contribution in [0.15, 0.2) is 59.7 Å². The molecule has 1 heterocycles. The average Bonchev–Trinajstić information content (AvgIpc) is 3.21. The number of anilines is 1.